The van der Waals surface area contributed by atoms with E-state index in [9.17, 15) is 14.4 Å². The summed E-state index contributed by atoms with van der Waals surface area (Å²) < 4.78 is 4.92. The molecule has 2 aromatic carbocycles. The Morgan fingerprint density at radius 1 is 0.938 bits per heavy atom. The number of thiophene rings is 1. The van der Waals surface area contributed by atoms with Gasteiger partial charge in [0.1, 0.15) is 10.6 Å². The second-order valence-electron chi connectivity index (χ2n) is 6.96. The van der Waals surface area contributed by atoms with E-state index in [-0.39, 0.29) is 30.5 Å². The molecule has 0 saturated heterocycles. The number of ether oxygens (including phenoxy) is 1. The van der Waals surface area contributed by atoms with Crippen LogP contribution in [0.3, 0.4) is 0 Å². The molecule has 0 atom stereocenters. The van der Waals surface area contributed by atoms with Gasteiger partial charge < -0.3 is 15.4 Å². The van der Waals surface area contributed by atoms with Gasteiger partial charge in [0.2, 0.25) is 11.8 Å². The number of esters is 1. The van der Waals surface area contributed by atoms with Crippen LogP contribution in [0.15, 0.2) is 60.0 Å². The number of rotatable bonds is 8. The van der Waals surface area contributed by atoms with Crippen molar-refractivity contribution < 1.29 is 19.1 Å². The Balaban J connectivity index is 1.67. The van der Waals surface area contributed by atoms with Crippen molar-refractivity contribution >= 4 is 51.4 Å². The topological polar surface area (TPSA) is 87.7 Å². The molecule has 7 nitrogen and oxygen atoms in total. The average molecular weight is 472 g/mol. The van der Waals surface area contributed by atoms with Gasteiger partial charge in [0.15, 0.2) is 0 Å². The maximum Gasteiger partial charge on any atom is 0.341 e. The molecule has 3 rings (SSSR count). The number of carbonyl (C=O) groups excluding carboxylic acids is 3. The number of hydrogen-bond donors (Lipinski definition) is 2. The van der Waals surface area contributed by atoms with Crippen LogP contribution in [0, 0.1) is 0 Å². The Kier molecular flexibility index (Phi) is 7.99. The zero-order valence-corrected chi connectivity index (χ0v) is 19.1. The minimum atomic E-state index is -0.577. The molecule has 1 heterocycles. The molecular formula is C23H22ClN3O4S. The van der Waals surface area contributed by atoms with Gasteiger partial charge in [-0.15, -0.1) is 11.3 Å². The van der Waals surface area contributed by atoms with Gasteiger partial charge in [-0.3, -0.25) is 14.5 Å². The number of hydrogen-bond acceptors (Lipinski definition) is 6. The Bertz CT molecular complexity index is 1120. The van der Waals surface area contributed by atoms with Gasteiger partial charge >= 0.3 is 5.97 Å². The Morgan fingerprint density at radius 2 is 1.56 bits per heavy atom. The molecule has 1 aromatic heterocycles. The second-order valence-corrected chi connectivity index (χ2v) is 8.25. The van der Waals surface area contributed by atoms with Gasteiger partial charge in [-0.25, -0.2) is 4.79 Å². The van der Waals surface area contributed by atoms with Crippen molar-refractivity contribution in [1.82, 2.24) is 4.90 Å². The number of carbonyl (C=O) groups is 3. The van der Waals surface area contributed by atoms with Crippen molar-refractivity contribution in [3.63, 3.8) is 0 Å². The summed E-state index contributed by atoms with van der Waals surface area (Å²) >= 11 is 7.49. The van der Waals surface area contributed by atoms with Crippen LogP contribution in [0.4, 0.5) is 10.7 Å². The minimum Gasteiger partial charge on any atom is -0.465 e. The second kappa shape index (κ2) is 10.9. The molecule has 0 radical (unpaired) electrons. The maximum absolute atomic E-state index is 12.6. The first-order chi connectivity index (χ1) is 15.4. The van der Waals surface area contributed by atoms with E-state index in [4.69, 9.17) is 16.3 Å². The largest absolute Gasteiger partial charge is 0.465 e. The van der Waals surface area contributed by atoms with Crippen LogP contribution in [0.5, 0.6) is 0 Å². The molecule has 0 aliphatic carbocycles. The average Bonchev–Trinajstić information content (AvgIpc) is 3.16. The highest BCUT2D eigenvalue weighted by molar-refractivity contribution is 7.15. The number of nitrogens with one attached hydrogen (secondary N) is 2. The van der Waals surface area contributed by atoms with Crippen molar-refractivity contribution in [1.29, 1.82) is 0 Å². The number of likely N-dealkylation sites (N-methyl/N-ethyl adjacent to an activating group) is 1. The van der Waals surface area contributed by atoms with Crippen molar-refractivity contribution in [3.8, 4) is 11.1 Å². The molecule has 3 aromatic rings. The monoisotopic (exact) mass is 471 g/mol. The molecular weight excluding hydrogens is 450 g/mol. The highest BCUT2D eigenvalue weighted by atomic mass is 35.5. The number of benzene rings is 2. The fourth-order valence-corrected chi connectivity index (χ4v) is 4.27. The molecule has 0 saturated carbocycles. The lowest BCUT2D eigenvalue weighted by Gasteiger charge is -2.16. The fourth-order valence-electron chi connectivity index (χ4n) is 3.07. The zero-order valence-electron chi connectivity index (χ0n) is 17.6. The number of methoxy groups -OCH3 is 1. The quantitative estimate of drug-likeness (QED) is 0.476. The van der Waals surface area contributed by atoms with Crippen LogP contribution in [-0.2, 0) is 14.3 Å². The Hall–Kier alpha value is -3.20. The van der Waals surface area contributed by atoms with Crippen LogP contribution in [0.1, 0.15) is 10.4 Å². The first kappa shape index (κ1) is 23.5. The smallest absolute Gasteiger partial charge is 0.341 e. The third-order valence-corrected chi connectivity index (χ3v) is 5.71. The van der Waals surface area contributed by atoms with Crippen LogP contribution in [0.2, 0.25) is 5.02 Å². The summed E-state index contributed by atoms with van der Waals surface area (Å²) in [6.45, 7) is -0.0103. The van der Waals surface area contributed by atoms with Crippen LogP contribution in [0.25, 0.3) is 11.1 Å². The lowest BCUT2D eigenvalue weighted by Crippen LogP contribution is -2.36. The van der Waals surface area contributed by atoms with Gasteiger partial charge in [-0.1, -0.05) is 48.0 Å². The third-order valence-electron chi connectivity index (χ3n) is 4.48. The molecule has 166 valence electrons. The summed E-state index contributed by atoms with van der Waals surface area (Å²) in [5.41, 5.74) is 2.17. The predicted molar refractivity (Wildman–Crippen MR) is 127 cm³/mol. The summed E-state index contributed by atoms with van der Waals surface area (Å²) in [7, 11) is 2.94. The molecule has 0 aliphatic heterocycles. The van der Waals surface area contributed by atoms with E-state index in [0.717, 1.165) is 0 Å². The van der Waals surface area contributed by atoms with Gasteiger partial charge in [0, 0.05) is 27.2 Å². The van der Waals surface area contributed by atoms with Crippen molar-refractivity contribution in [3.05, 3.63) is 70.6 Å². The summed E-state index contributed by atoms with van der Waals surface area (Å²) in [5, 5.41) is 8.12. The number of amides is 2. The third kappa shape index (κ3) is 5.94. The number of nitrogens with zero attached hydrogens (tertiary/aromatic N) is 1. The SMILES string of the molecule is COC(=O)c1c(-c2ccccc2Cl)csc1NC(=O)CN(C)CC(=O)Nc1ccccc1. The summed E-state index contributed by atoms with van der Waals surface area (Å²) in [4.78, 5) is 38.8. The first-order valence-corrected chi connectivity index (χ1v) is 10.9. The molecule has 0 spiro atoms. The van der Waals surface area contributed by atoms with Crippen LogP contribution >= 0.6 is 22.9 Å². The molecule has 32 heavy (non-hydrogen) atoms. The van der Waals surface area contributed by atoms with E-state index in [0.29, 0.717) is 26.8 Å². The van der Waals surface area contributed by atoms with Gasteiger partial charge in [-0.05, 0) is 25.2 Å². The lowest BCUT2D eigenvalue weighted by atomic mass is 10.0. The molecule has 2 N–H and O–H groups in total. The Morgan fingerprint density at radius 3 is 2.22 bits per heavy atom. The summed E-state index contributed by atoms with van der Waals surface area (Å²) in [6.07, 6.45) is 0. The van der Waals surface area contributed by atoms with Crippen molar-refractivity contribution in [2.45, 2.75) is 0 Å². The molecule has 0 aliphatic rings. The normalized spacial score (nSPS) is 10.6. The van der Waals surface area contributed by atoms with Crippen LogP contribution in [-0.4, -0.2) is 49.9 Å². The molecule has 2 amide bonds. The highest BCUT2D eigenvalue weighted by Crippen LogP contribution is 2.39. The number of halogens is 1. The minimum absolute atomic E-state index is 0.0293. The fraction of sp³-hybridized carbons (Fsp3) is 0.174. The van der Waals surface area contributed by atoms with Gasteiger partial charge in [0.25, 0.3) is 0 Å². The molecule has 9 heteroatoms. The molecule has 0 fully saturated rings. The summed E-state index contributed by atoms with van der Waals surface area (Å²) in [5.74, 6) is -1.18. The van der Waals surface area contributed by atoms with Gasteiger partial charge in [0.05, 0.1) is 20.2 Å². The van der Waals surface area contributed by atoms with E-state index in [2.05, 4.69) is 10.6 Å². The number of anilines is 2. The van der Waals surface area contributed by atoms with Gasteiger partial charge in [-0.2, -0.15) is 0 Å². The standard InChI is InChI=1S/C23H22ClN3O4S/c1-27(12-19(28)25-15-8-4-3-5-9-15)13-20(29)26-22-21(23(30)31-2)17(14-32-22)16-10-6-7-11-18(16)24/h3-11,14H,12-13H2,1-2H3,(H,25,28)(H,26,29). The van der Waals surface area contributed by atoms with Crippen molar-refractivity contribution in [2.75, 3.05) is 37.9 Å². The van der Waals surface area contributed by atoms with E-state index in [1.807, 2.05) is 24.3 Å². The zero-order chi connectivity index (χ0) is 23.1. The van der Waals surface area contributed by atoms with E-state index in [1.165, 1.54) is 18.4 Å². The van der Waals surface area contributed by atoms with E-state index < -0.39 is 5.97 Å². The van der Waals surface area contributed by atoms with Crippen LogP contribution < -0.4 is 10.6 Å². The van der Waals surface area contributed by atoms with E-state index >= 15 is 0 Å². The number of para-hydroxylation sites is 1. The first-order valence-electron chi connectivity index (χ1n) is 9.67. The maximum atomic E-state index is 12.6. The summed E-state index contributed by atoms with van der Waals surface area (Å²) in [6, 6.07) is 16.2. The molecule has 0 bridgehead atoms. The Labute approximate surface area is 195 Å². The van der Waals surface area contributed by atoms with Crippen molar-refractivity contribution in [2.24, 2.45) is 0 Å². The highest BCUT2D eigenvalue weighted by Gasteiger charge is 2.23. The predicted octanol–water partition coefficient (Wildman–Crippen LogP) is 4.36. The lowest BCUT2D eigenvalue weighted by molar-refractivity contribution is -0.119. The van der Waals surface area contributed by atoms with E-state index in [1.54, 1.807) is 47.7 Å². The molecule has 0 unspecified atom stereocenters.